The van der Waals surface area contributed by atoms with E-state index >= 15 is 0 Å². The summed E-state index contributed by atoms with van der Waals surface area (Å²) < 4.78 is 2.03. The van der Waals surface area contributed by atoms with Crippen molar-refractivity contribution in [2.24, 2.45) is 5.92 Å². The van der Waals surface area contributed by atoms with Crippen LogP contribution in [-0.4, -0.2) is 15.3 Å². The van der Waals surface area contributed by atoms with Gasteiger partial charge in [0.2, 0.25) is 5.91 Å². The number of aryl methyl sites for hydroxylation is 2. The highest BCUT2D eigenvalue weighted by Crippen LogP contribution is 2.29. The predicted octanol–water partition coefficient (Wildman–Crippen LogP) is 5.53. The van der Waals surface area contributed by atoms with Crippen LogP contribution in [0, 0.1) is 19.8 Å². The molecule has 27 heavy (non-hydrogen) atoms. The number of carbonyl (C=O) groups is 1. The van der Waals surface area contributed by atoms with Gasteiger partial charge in [0, 0.05) is 30.1 Å². The molecule has 4 heteroatoms. The standard InChI is InChI=1S/C23H27N3O/c1-16-11-12-26-15-21(24-22(26)13-16)19-9-7-17(2)20(14-19)25-23(27)10-8-18-5-3-4-6-18/h7,9,11-15,18H,3-6,8,10H2,1-2H3,(H,25,27). The normalized spacial score (nSPS) is 14.7. The predicted molar refractivity (Wildman–Crippen MR) is 110 cm³/mol. The molecule has 1 amide bonds. The molecule has 0 atom stereocenters. The molecule has 3 aromatic rings. The third kappa shape index (κ3) is 4.05. The lowest BCUT2D eigenvalue weighted by Gasteiger charge is -2.12. The van der Waals surface area contributed by atoms with Gasteiger partial charge in [-0.3, -0.25) is 4.79 Å². The maximum atomic E-state index is 12.4. The molecule has 1 aliphatic carbocycles. The zero-order valence-corrected chi connectivity index (χ0v) is 16.2. The van der Waals surface area contributed by atoms with Crippen LogP contribution in [-0.2, 0) is 4.79 Å². The maximum Gasteiger partial charge on any atom is 0.224 e. The van der Waals surface area contributed by atoms with Crippen LogP contribution in [0.15, 0.2) is 42.7 Å². The third-order valence-electron chi connectivity index (χ3n) is 5.68. The second-order valence-corrected chi connectivity index (χ2v) is 7.86. The van der Waals surface area contributed by atoms with E-state index < -0.39 is 0 Å². The average molecular weight is 361 g/mol. The van der Waals surface area contributed by atoms with Gasteiger partial charge < -0.3 is 9.72 Å². The molecule has 0 bridgehead atoms. The van der Waals surface area contributed by atoms with Crippen molar-refractivity contribution in [1.29, 1.82) is 0 Å². The summed E-state index contributed by atoms with van der Waals surface area (Å²) in [4.78, 5) is 17.1. The van der Waals surface area contributed by atoms with Crippen molar-refractivity contribution < 1.29 is 4.79 Å². The lowest BCUT2D eigenvalue weighted by Crippen LogP contribution is -2.13. The minimum atomic E-state index is 0.118. The summed E-state index contributed by atoms with van der Waals surface area (Å²) >= 11 is 0. The number of fused-ring (bicyclic) bond motifs is 1. The van der Waals surface area contributed by atoms with E-state index in [9.17, 15) is 4.79 Å². The van der Waals surface area contributed by atoms with Crippen LogP contribution in [0.2, 0.25) is 0 Å². The van der Waals surface area contributed by atoms with Crippen LogP contribution in [0.5, 0.6) is 0 Å². The van der Waals surface area contributed by atoms with E-state index in [-0.39, 0.29) is 5.91 Å². The number of aromatic nitrogens is 2. The van der Waals surface area contributed by atoms with Crippen molar-refractivity contribution >= 4 is 17.2 Å². The smallest absolute Gasteiger partial charge is 0.224 e. The molecule has 4 rings (SSSR count). The van der Waals surface area contributed by atoms with Crippen molar-refractivity contribution in [3.05, 3.63) is 53.9 Å². The quantitative estimate of drug-likeness (QED) is 0.650. The first-order valence-electron chi connectivity index (χ1n) is 9.95. The van der Waals surface area contributed by atoms with Gasteiger partial charge in [-0.2, -0.15) is 0 Å². The summed E-state index contributed by atoms with van der Waals surface area (Å²) in [7, 11) is 0. The number of imidazole rings is 1. The van der Waals surface area contributed by atoms with Crippen LogP contribution in [0.3, 0.4) is 0 Å². The minimum Gasteiger partial charge on any atom is -0.326 e. The number of nitrogens with one attached hydrogen (secondary N) is 1. The molecule has 140 valence electrons. The number of anilines is 1. The number of hydrogen-bond donors (Lipinski definition) is 1. The molecule has 0 aliphatic heterocycles. The molecule has 0 unspecified atom stereocenters. The van der Waals surface area contributed by atoms with Gasteiger partial charge in [-0.1, -0.05) is 37.8 Å². The Morgan fingerprint density at radius 2 is 2.00 bits per heavy atom. The summed E-state index contributed by atoms with van der Waals surface area (Å²) in [5.41, 5.74) is 6.03. The van der Waals surface area contributed by atoms with Crippen molar-refractivity contribution in [2.45, 2.75) is 52.4 Å². The topological polar surface area (TPSA) is 46.4 Å². The van der Waals surface area contributed by atoms with Gasteiger partial charge in [0.05, 0.1) is 5.69 Å². The Morgan fingerprint density at radius 1 is 1.19 bits per heavy atom. The Hall–Kier alpha value is -2.62. The molecule has 1 fully saturated rings. The van der Waals surface area contributed by atoms with Crippen LogP contribution in [0.4, 0.5) is 5.69 Å². The van der Waals surface area contributed by atoms with Gasteiger partial charge in [0.25, 0.3) is 0 Å². The highest BCUT2D eigenvalue weighted by molar-refractivity contribution is 5.92. The molecule has 1 N–H and O–H groups in total. The van der Waals surface area contributed by atoms with E-state index in [2.05, 4.69) is 36.5 Å². The number of carbonyl (C=O) groups excluding carboxylic acids is 1. The van der Waals surface area contributed by atoms with E-state index in [0.717, 1.165) is 40.5 Å². The second-order valence-electron chi connectivity index (χ2n) is 7.86. The zero-order valence-electron chi connectivity index (χ0n) is 16.2. The van der Waals surface area contributed by atoms with Gasteiger partial charge in [-0.15, -0.1) is 0 Å². The fraction of sp³-hybridized carbons (Fsp3) is 0.391. The molecule has 0 spiro atoms. The van der Waals surface area contributed by atoms with Gasteiger partial charge >= 0.3 is 0 Å². The number of nitrogens with zero attached hydrogens (tertiary/aromatic N) is 2. The van der Waals surface area contributed by atoms with Crippen molar-refractivity contribution in [3.63, 3.8) is 0 Å². The minimum absolute atomic E-state index is 0.118. The summed E-state index contributed by atoms with van der Waals surface area (Å²) in [6.45, 7) is 4.10. The SMILES string of the molecule is Cc1ccn2cc(-c3ccc(C)c(NC(=O)CCC4CCCC4)c3)nc2c1. The molecule has 0 saturated heterocycles. The van der Waals surface area contributed by atoms with E-state index in [1.54, 1.807) is 0 Å². The van der Waals surface area contributed by atoms with Crippen LogP contribution < -0.4 is 5.32 Å². The molecule has 1 aromatic carbocycles. The van der Waals surface area contributed by atoms with E-state index in [1.165, 1.54) is 31.2 Å². The average Bonchev–Trinajstić information content (AvgIpc) is 3.31. The van der Waals surface area contributed by atoms with Crippen molar-refractivity contribution in [2.75, 3.05) is 5.32 Å². The van der Waals surface area contributed by atoms with E-state index in [0.29, 0.717) is 6.42 Å². The third-order valence-corrected chi connectivity index (χ3v) is 5.68. The second kappa shape index (κ2) is 7.55. The first-order valence-corrected chi connectivity index (χ1v) is 9.95. The Morgan fingerprint density at radius 3 is 2.81 bits per heavy atom. The Labute approximate surface area is 160 Å². The number of hydrogen-bond acceptors (Lipinski definition) is 2. The summed E-state index contributed by atoms with van der Waals surface area (Å²) in [5, 5.41) is 3.11. The molecule has 2 heterocycles. The number of rotatable bonds is 5. The van der Waals surface area contributed by atoms with Gasteiger partial charge in [0.15, 0.2) is 0 Å². The van der Waals surface area contributed by atoms with E-state index in [1.807, 2.05) is 29.8 Å². The Balaban J connectivity index is 1.50. The van der Waals surface area contributed by atoms with Crippen LogP contribution in [0.25, 0.3) is 16.9 Å². The maximum absolute atomic E-state index is 12.4. The molecule has 2 aromatic heterocycles. The molecule has 4 nitrogen and oxygen atoms in total. The lowest BCUT2D eigenvalue weighted by molar-refractivity contribution is -0.116. The molecule has 1 aliphatic rings. The van der Waals surface area contributed by atoms with Crippen LogP contribution in [0.1, 0.15) is 49.7 Å². The first kappa shape index (κ1) is 17.8. The fourth-order valence-electron chi connectivity index (χ4n) is 3.99. The van der Waals surface area contributed by atoms with Crippen molar-refractivity contribution in [1.82, 2.24) is 9.38 Å². The summed E-state index contributed by atoms with van der Waals surface area (Å²) in [6.07, 6.45) is 10.9. The number of pyridine rings is 1. The van der Waals surface area contributed by atoms with Crippen molar-refractivity contribution in [3.8, 4) is 11.3 Å². The molecule has 1 saturated carbocycles. The summed E-state index contributed by atoms with van der Waals surface area (Å²) in [5.74, 6) is 0.859. The Bertz CT molecular complexity index is 967. The highest BCUT2D eigenvalue weighted by Gasteiger charge is 2.16. The first-order chi connectivity index (χ1) is 13.1. The number of amides is 1. The van der Waals surface area contributed by atoms with Crippen LogP contribution >= 0.6 is 0 Å². The molecular weight excluding hydrogens is 334 g/mol. The lowest BCUT2D eigenvalue weighted by atomic mass is 10.0. The zero-order chi connectivity index (χ0) is 18.8. The van der Waals surface area contributed by atoms with Gasteiger partial charge in [0.1, 0.15) is 5.65 Å². The van der Waals surface area contributed by atoms with Gasteiger partial charge in [-0.25, -0.2) is 4.98 Å². The monoisotopic (exact) mass is 361 g/mol. The highest BCUT2D eigenvalue weighted by atomic mass is 16.1. The number of benzene rings is 1. The largest absolute Gasteiger partial charge is 0.326 e. The Kier molecular flexibility index (Phi) is 4.97. The van der Waals surface area contributed by atoms with Gasteiger partial charge in [-0.05, 0) is 55.5 Å². The fourth-order valence-corrected chi connectivity index (χ4v) is 3.99. The summed E-state index contributed by atoms with van der Waals surface area (Å²) in [6, 6.07) is 10.3. The molecular formula is C23H27N3O. The van der Waals surface area contributed by atoms with E-state index in [4.69, 9.17) is 4.98 Å². The molecule has 0 radical (unpaired) electrons.